The summed E-state index contributed by atoms with van der Waals surface area (Å²) in [7, 11) is 0. The quantitative estimate of drug-likeness (QED) is 0.462. The van der Waals surface area contributed by atoms with Crippen LogP contribution >= 0.6 is 0 Å². The summed E-state index contributed by atoms with van der Waals surface area (Å²) < 4.78 is 84.0. The highest BCUT2D eigenvalue weighted by molar-refractivity contribution is 5.67. The molecule has 0 aliphatic carbocycles. The maximum Gasteiger partial charge on any atom is 0.416 e. The molecule has 0 aliphatic heterocycles. The summed E-state index contributed by atoms with van der Waals surface area (Å²) in [5.74, 6) is 0.258. The molecule has 0 atom stereocenters. The Balaban J connectivity index is 0.00000300. The van der Waals surface area contributed by atoms with Gasteiger partial charge in [0.2, 0.25) is 6.54 Å². The summed E-state index contributed by atoms with van der Waals surface area (Å²) in [4.78, 5) is 4.03. The Kier molecular flexibility index (Phi) is 6.68. The minimum Gasteiger partial charge on any atom is -1.00 e. The zero-order chi connectivity index (χ0) is 20.4. The van der Waals surface area contributed by atoms with E-state index in [1.54, 1.807) is 29.1 Å². The fraction of sp³-hybridized carbons (Fsp3) is 0.167. The van der Waals surface area contributed by atoms with Crippen LogP contribution < -0.4 is 17.0 Å². The second kappa shape index (κ2) is 8.64. The molecule has 0 saturated carbocycles. The number of aromatic nitrogens is 3. The van der Waals surface area contributed by atoms with Gasteiger partial charge in [0.15, 0.2) is 18.2 Å². The first kappa shape index (κ1) is 22.4. The molecule has 3 rings (SSSR count). The molecule has 0 radical (unpaired) electrons. The van der Waals surface area contributed by atoms with E-state index in [0.29, 0.717) is 12.1 Å². The molecule has 1 aromatic carbocycles. The second-order valence-corrected chi connectivity index (χ2v) is 5.77. The van der Waals surface area contributed by atoms with Gasteiger partial charge in [0, 0.05) is 12.1 Å². The van der Waals surface area contributed by atoms with Crippen molar-refractivity contribution in [3.05, 3.63) is 77.2 Å². The van der Waals surface area contributed by atoms with E-state index >= 15 is 0 Å². The molecule has 0 N–H and O–H groups in total. The molecule has 3 aromatic rings. The standard InChI is InChI=1S/C18H12F6N3O.ClH/c19-17(20,21)13-8-12(9-14(10-13)18(22,23)24)4-5-15-25-16(28-26-15)11-27-6-2-1-3-7-27;/h1-10H,11H2;1H/q+1;/p-1/b5-4+;. The van der Waals surface area contributed by atoms with Crippen molar-refractivity contribution in [3.8, 4) is 0 Å². The van der Waals surface area contributed by atoms with Gasteiger partial charge < -0.3 is 16.9 Å². The van der Waals surface area contributed by atoms with Gasteiger partial charge in [-0.1, -0.05) is 17.3 Å². The van der Waals surface area contributed by atoms with E-state index in [4.69, 9.17) is 4.52 Å². The Morgan fingerprint density at radius 3 is 2.00 bits per heavy atom. The molecule has 0 aliphatic rings. The Bertz CT molecular complexity index is 951. The summed E-state index contributed by atoms with van der Waals surface area (Å²) in [6.45, 7) is 0.267. The lowest BCUT2D eigenvalue weighted by molar-refractivity contribution is -0.690. The van der Waals surface area contributed by atoms with Crippen LogP contribution in [-0.2, 0) is 18.9 Å². The molecule has 0 unspecified atom stereocenters. The molecule has 0 spiro atoms. The van der Waals surface area contributed by atoms with Gasteiger partial charge in [-0.15, -0.1) is 0 Å². The monoisotopic (exact) mass is 435 g/mol. The minimum absolute atomic E-state index is 0. The van der Waals surface area contributed by atoms with E-state index in [1.807, 2.05) is 6.07 Å². The first-order valence-corrected chi connectivity index (χ1v) is 7.85. The predicted molar refractivity (Wildman–Crippen MR) is 85.4 cm³/mol. The molecule has 11 heteroatoms. The van der Waals surface area contributed by atoms with Crippen LogP contribution in [0.25, 0.3) is 12.2 Å². The summed E-state index contributed by atoms with van der Waals surface area (Å²) in [5.41, 5.74) is -3.07. The number of nitrogens with zero attached hydrogens (tertiary/aromatic N) is 3. The summed E-state index contributed by atoms with van der Waals surface area (Å²) in [5, 5.41) is 3.64. The second-order valence-electron chi connectivity index (χ2n) is 5.77. The van der Waals surface area contributed by atoms with E-state index in [-0.39, 0.29) is 42.3 Å². The molecule has 4 nitrogen and oxygen atoms in total. The summed E-state index contributed by atoms with van der Waals surface area (Å²) >= 11 is 0. The smallest absolute Gasteiger partial charge is 0.416 e. The molecule has 0 bridgehead atoms. The van der Waals surface area contributed by atoms with E-state index < -0.39 is 23.5 Å². The SMILES string of the molecule is FC(F)(F)c1cc(/C=C/c2noc(C[n+]3ccccc3)n2)cc(C(F)(F)F)c1.[Cl-]. The Morgan fingerprint density at radius 2 is 1.45 bits per heavy atom. The minimum atomic E-state index is -4.91. The Labute approximate surface area is 166 Å². The van der Waals surface area contributed by atoms with Crippen LogP contribution in [0.5, 0.6) is 0 Å². The van der Waals surface area contributed by atoms with Crippen LogP contribution in [0.15, 0.2) is 53.3 Å². The fourth-order valence-electron chi connectivity index (χ4n) is 2.34. The zero-order valence-electron chi connectivity index (χ0n) is 14.4. The van der Waals surface area contributed by atoms with Crippen LogP contribution in [0.1, 0.15) is 28.4 Å². The van der Waals surface area contributed by atoms with Gasteiger partial charge in [0.1, 0.15) is 0 Å². The molecule has 0 saturated heterocycles. The average molecular weight is 436 g/mol. The number of hydrogen-bond donors (Lipinski definition) is 0. The van der Waals surface area contributed by atoms with Crippen molar-refractivity contribution in [2.45, 2.75) is 18.9 Å². The fourth-order valence-corrected chi connectivity index (χ4v) is 2.34. The third kappa shape index (κ3) is 6.05. The van der Waals surface area contributed by atoms with Crippen molar-refractivity contribution < 1.29 is 47.8 Å². The number of hydrogen-bond acceptors (Lipinski definition) is 3. The maximum atomic E-state index is 12.9. The van der Waals surface area contributed by atoms with Crippen LogP contribution in [0, 0.1) is 0 Å². The molecular weight excluding hydrogens is 424 g/mol. The first-order valence-electron chi connectivity index (χ1n) is 7.85. The van der Waals surface area contributed by atoms with Crippen molar-refractivity contribution in [2.24, 2.45) is 0 Å². The first-order chi connectivity index (χ1) is 13.1. The highest BCUT2D eigenvalue weighted by atomic mass is 35.5. The van der Waals surface area contributed by atoms with E-state index in [1.165, 1.54) is 6.08 Å². The normalized spacial score (nSPS) is 12.2. The lowest BCUT2D eigenvalue weighted by Crippen LogP contribution is -3.00. The van der Waals surface area contributed by atoms with Crippen LogP contribution in [0.2, 0.25) is 0 Å². The molecule has 0 amide bonds. The molecule has 2 heterocycles. The van der Waals surface area contributed by atoms with Crippen molar-refractivity contribution in [3.63, 3.8) is 0 Å². The zero-order valence-corrected chi connectivity index (χ0v) is 15.1. The Morgan fingerprint density at radius 1 is 0.862 bits per heavy atom. The highest BCUT2D eigenvalue weighted by Crippen LogP contribution is 2.36. The number of pyridine rings is 1. The largest absolute Gasteiger partial charge is 1.00 e. The highest BCUT2D eigenvalue weighted by Gasteiger charge is 2.36. The van der Waals surface area contributed by atoms with Crippen molar-refractivity contribution in [2.75, 3.05) is 0 Å². The van der Waals surface area contributed by atoms with Gasteiger partial charge in [-0.05, 0) is 29.8 Å². The van der Waals surface area contributed by atoms with Gasteiger partial charge >= 0.3 is 12.4 Å². The average Bonchev–Trinajstić information content (AvgIpc) is 3.06. The van der Waals surface area contributed by atoms with Gasteiger partial charge in [-0.2, -0.15) is 35.9 Å². The summed E-state index contributed by atoms with van der Waals surface area (Å²) in [6.07, 6.45) is -4.04. The van der Waals surface area contributed by atoms with Crippen molar-refractivity contribution >= 4 is 12.2 Å². The van der Waals surface area contributed by atoms with E-state index in [9.17, 15) is 26.3 Å². The lowest BCUT2D eigenvalue weighted by Gasteiger charge is -2.12. The third-order valence-electron chi connectivity index (χ3n) is 3.61. The van der Waals surface area contributed by atoms with Crippen LogP contribution in [0.3, 0.4) is 0 Å². The van der Waals surface area contributed by atoms with Gasteiger partial charge in [0.25, 0.3) is 5.89 Å². The third-order valence-corrected chi connectivity index (χ3v) is 3.61. The number of benzene rings is 1. The molecular formula is C18H12ClF6N3O. The molecule has 0 fully saturated rings. The molecule has 29 heavy (non-hydrogen) atoms. The summed E-state index contributed by atoms with van der Waals surface area (Å²) in [6, 6.07) is 6.72. The molecule has 154 valence electrons. The van der Waals surface area contributed by atoms with E-state index in [2.05, 4.69) is 10.1 Å². The van der Waals surface area contributed by atoms with Crippen LogP contribution in [0.4, 0.5) is 26.3 Å². The van der Waals surface area contributed by atoms with Crippen LogP contribution in [-0.4, -0.2) is 10.1 Å². The van der Waals surface area contributed by atoms with Gasteiger partial charge in [0.05, 0.1) is 11.1 Å². The van der Waals surface area contributed by atoms with E-state index in [0.717, 1.165) is 6.08 Å². The molecule has 2 aromatic heterocycles. The van der Waals surface area contributed by atoms with Gasteiger partial charge in [-0.3, -0.25) is 0 Å². The van der Waals surface area contributed by atoms with Gasteiger partial charge in [-0.25, -0.2) is 0 Å². The predicted octanol–water partition coefficient (Wildman–Crippen LogP) is 1.62. The number of rotatable bonds is 4. The Hall–Kier alpha value is -2.88. The number of alkyl halides is 6. The van der Waals surface area contributed by atoms with Crippen molar-refractivity contribution in [1.82, 2.24) is 10.1 Å². The lowest BCUT2D eigenvalue weighted by atomic mass is 10.0. The maximum absolute atomic E-state index is 12.9. The topological polar surface area (TPSA) is 42.8 Å². The van der Waals surface area contributed by atoms with Crippen molar-refractivity contribution in [1.29, 1.82) is 0 Å². The number of halogens is 7.